The summed E-state index contributed by atoms with van der Waals surface area (Å²) in [4.78, 5) is 0. The Kier molecular flexibility index (Phi) is 5.21. The van der Waals surface area contributed by atoms with Gasteiger partial charge in [0.2, 0.25) is 10.0 Å². The van der Waals surface area contributed by atoms with Crippen LogP contribution in [0.4, 0.5) is 0 Å². The Balaban J connectivity index is 2.40. The van der Waals surface area contributed by atoms with Crippen LogP contribution >= 0.6 is 0 Å². The SMILES string of the molecule is CCCS(=O)(=O)N[C@H](C)CCc1cccn1C. The molecule has 5 heteroatoms. The van der Waals surface area contributed by atoms with E-state index in [-0.39, 0.29) is 11.8 Å². The van der Waals surface area contributed by atoms with Gasteiger partial charge in [0.15, 0.2) is 0 Å². The van der Waals surface area contributed by atoms with E-state index in [1.165, 1.54) is 5.69 Å². The van der Waals surface area contributed by atoms with E-state index in [9.17, 15) is 8.42 Å². The van der Waals surface area contributed by atoms with Crippen molar-refractivity contribution < 1.29 is 8.42 Å². The fraction of sp³-hybridized carbons (Fsp3) is 0.667. The standard InChI is InChI=1S/C12H22N2O2S/c1-4-10-17(15,16)13-11(2)7-8-12-6-5-9-14(12)3/h5-6,9,11,13H,4,7-8,10H2,1-3H3/t11-/m1/s1. The number of aryl methyl sites for hydroxylation is 2. The topological polar surface area (TPSA) is 51.1 Å². The summed E-state index contributed by atoms with van der Waals surface area (Å²) in [6.45, 7) is 3.78. The van der Waals surface area contributed by atoms with Gasteiger partial charge in [0.25, 0.3) is 0 Å². The van der Waals surface area contributed by atoms with E-state index in [2.05, 4.69) is 15.4 Å². The van der Waals surface area contributed by atoms with E-state index < -0.39 is 10.0 Å². The first-order valence-corrected chi connectivity index (χ1v) is 7.70. The fourth-order valence-corrected chi connectivity index (χ4v) is 3.20. The third kappa shape index (κ3) is 4.91. The number of nitrogens with one attached hydrogen (secondary N) is 1. The van der Waals surface area contributed by atoms with Crippen LogP contribution in [0.3, 0.4) is 0 Å². The fourth-order valence-electron chi connectivity index (χ4n) is 1.81. The highest BCUT2D eigenvalue weighted by molar-refractivity contribution is 7.89. The van der Waals surface area contributed by atoms with Crippen molar-refractivity contribution in [2.45, 2.75) is 39.2 Å². The average molecular weight is 258 g/mol. The number of rotatable bonds is 7. The number of aromatic nitrogens is 1. The van der Waals surface area contributed by atoms with Crippen LogP contribution in [0.1, 0.15) is 32.4 Å². The van der Waals surface area contributed by atoms with Crippen LogP contribution in [0.5, 0.6) is 0 Å². The molecule has 17 heavy (non-hydrogen) atoms. The van der Waals surface area contributed by atoms with Gasteiger partial charge in [0, 0.05) is 25.0 Å². The Labute approximate surface area is 104 Å². The van der Waals surface area contributed by atoms with Gasteiger partial charge in [-0.25, -0.2) is 13.1 Å². The van der Waals surface area contributed by atoms with Gasteiger partial charge >= 0.3 is 0 Å². The van der Waals surface area contributed by atoms with Gasteiger partial charge in [-0.2, -0.15) is 0 Å². The van der Waals surface area contributed by atoms with E-state index >= 15 is 0 Å². The van der Waals surface area contributed by atoms with Crippen molar-refractivity contribution in [2.24, 2.45) is 7.05 Å². The number of sulfonamides is 1. The molecule has 0 aliphatic rings. The molecule has 0 saturated carbocycles. The maximum absolute atomic E-state index is 11.6. The molecule has 0 bridgehead atoms. The third-order valence-electron chi connectivity index (χ3n) is 2.74. The molecule has 4 nitrogen and oxygen atoms in total. The average Bonchev–Trinajstić information content (AvgIpc) is 2.60. The Morgan fingerprint density at radius 1 is 1.47 bits per heavy atom. The zero-order valence-corrected chi connectivity index (χ0v) is 11.6. The van der Waals surface area contributed by atoms with Crippen molar-refractivity contribution in [2.75, 3.05) is 5.75 Å². The van der Waals surface area contributed by atoms with Crippen molar-refractivity contribution in [1.82, 2.24) is 9.29 Å². The van der Waals surface area contributed by atoms with Crippen LogP contribution in [0.15, 0.2) is 18.3 Å². The maximum atomic E-state index is 11.6. The van der Waals surface area contributed by atoms with Gasteiger partial charge in [0.05, 0.1) is 5.75 Å². The first-order valence-electron chi connectivity index (χ1n) is 6.05. The Bertz CT molecular complexity index is 437. The highest BCUT2D eigenvalue weighted by Crippen LogP contribution is 2.06. The van der Waals surface area contributed by atoms with Gasteiger partial charge < -0.3 is 4.57 Å². The second-order valence-electron chi connectivity index (χ2n) is 4.49. The summed E-state index contributed by atoms with van der Waals surface area (Å²) in [6.07, 6.45) is 4.36. The molecule has 0 saturated heterocycles. The van der Waals surface area contributed by atoms with Crippen LogP contribution in [0.2, 0.25) is 0 Å². The van der Waals surface area contributed by atoms with Crippen LogP contribution in [0.25, 0.3) is 0 Å². The summed E-state index contributed by atoms with van der Waals surface area (Å²) in [5.41, 5.74) is 1.23. The maximum Gasteiger partial charge on any atom is 0.211 e. The highest BCUT2D eigenvalue weighted by atomic mass is 32.2. The summed E-state index contributed by atoms with van der Waals surface area (Å²) in [5.74, 6) is 0.210. The Morgan fingerprint density at radius 3 is 2.71 bits per heavy atom. The molecule has 1 aromatic heterocycles. The second kappa shape index (κ2) is 6.21. The molecule has 0 aliphatic heterocycles. The van der Waals surface area contributed by atoms with Gasteiger partial charge in [-0.15, -0.1) is 0 Å². The summed E-state index contributed by atoms with van der Waals surface area (Å²) >= 11 is 0. The van der Waals surface area contributed by atoms with Crippen molar-refractivity contribution in [3.8, 4) is 0 Å². The lowest BCUT2D eigenvalue weighted by atomic mass is 10.1. The molecular weight excluding hydrogens is 236 g/mol. The van der Waals surface area contributed by atoms with Gasteiger partial charge in [-0.05, 0) is 38.3 Å². The molecular formula is C12H22N2O2S. The zero-order chi connectivity index (χ0) is 12.9. The normalized spacial score (nSPS) is 13.8. The number of hydrogen-bond donors (Lipinski definition) is 1. The molecule has 0 aromatic carbocycles. The van der Waals surface area contributed by atoms with Crippen molar-refractivity contribution in [3.05, 3.63) is 24.0 Å². The van der Waals surface area contributed by atoms with E-state index in [1.54, 1.807) is 0 Å². The largest absolute Gasteiger partial charge is 0.354 e. The summed E-state index contributed by atoms with van der Waals surface area (Å²) in [7, 11) is -1.09. The first-order chi connectivity index (χ1) is 7.94. The predicted octanol–water partition coefficient (Wildman–Crippen LogP) is 1.68. The van der Waals surface area contributed by atoms with Crippen molar-refractivity contribution in [1.29, 1.82) is 0 Å². The molecule has 1 N–H and O–H groups in total. The molecule has 1 heterocycles. The smallest absolute Gasteiger partial charge is 0.211 e. The molecule has 0 spiro atoms. The number of hydrogen-bond acceptors (Lipinski definition) is 2. The summed E-state index contributed by atoms with van der Waals surface area (Å²) in [5, 5.41) is 0. The molecule has 1 atom stereocenters. The molecule has 98 valence electrons. The van der Waals surface area contributed by atoms with Crippen molar-refractivity contribution in [3.63, 3.8) is 0 Å². The molecule has 0 unspecified atom stereocenters. The molecule has 0 radical (unpaired) electrons. The quantitative estimate of drug-likeness (QED) is 0.809. The first kappa shape index (κ1) is 14.3. The minimum Gasteiger partial charge on any atom is -0.354 e. The summed E-state index contributed by atoms with van der Waals surface area (Å²) < 4.78 is 27.9. The van der Waals surface area contributed by atoms with Crippen LogP contribution in [0, 0.1) is 0 Å². The Morgan fingerprint density at radius 2 is 2.18 bits per heavy atom. The lowest BCUT2D eigenvalue weighted by Gasteiger charge is -2.14. The predicted molar refractivity (Wildman–Crippen MR) is 70.4 cm³/mol. The molecule has 0 amide bonds. The van der Waals surface area contributed by atoms with Gasteiger partial charge in [-0.3, -0.25) is 0 Å². The van der Waals surface area contributed by atoms with E-state index in [0.29, 0.717) is 6.42 Å². The van der Waals surface area contributed by atoms with Crippen LogP contribution in [-0.4, -0.2) is 24.8 Å². The third-order valence-corrected chi connectivity index (χ3v) is 4.45. The lowest BCUT2D eigenvalue weighted by molar-refractivity contribution is 0.542. The van der Waals surface area contributed by atoms with Crippen LogP contribution < -0.4 is 4.72 Å². The van der Waals surface area contributed by atoms with Crippen LogP contribution in [-0.2, 0) is 23.5 Å². The summed E-state index contributed by atoms with van der Waals surface area (Å²) in [6, 6.07) is 4.05. The molecule has 0 fully saturated rings. The van der Waals surface area contributed by atoms with Crippen molar-refractivity contribution >= 4 is 10.0 Å². The van der Waals surface area contributed by atoms with E-state index in [1.807, 2.05) is 33.2 Å². The second-order valence-corrected chi connectivity index (χ2v) is 6.36. The molecule has 0 aliphatic carbocycles. The van der Waals surface area contributed by atoms with Gasteiger partial charge in [0.1, 0.15) is 0 Å². The Hall–Kier alpha value is -0.810. The van der Waals surface area contributed by atoms with E-state index in [4.69, 9.17) is 0 Å². The molecule has 1 rings (SSSR count). The monoisotopic (exact) mass is 258 g/mol. The van der Waals surface area contributed by atoms with E-state index in [0.717, 1.165) is 12.8 Å². The highest BCUT2D eigenvalue weighted by Gasteiger charge is 2.13. The minimum absolute atomic E-state index is 0.0125. The minimum atomic E-state index is -3.09. The molecule has 1 aromatic rings. The number of nitrogens with zero attached hydrogens (tertiary/aromatic N) is 1. The zero-order valence-electron chi connectivity index (χ0n) is 10.8. The lowest BCUT2D eigenvalue weighted by Crippen LogP contribution is -2.34. The van der Waals surface area contributed by atoms with Gasteiger partial charge in [-0.1, -0.05) is 6.92 Å².